The SMILES string of the molecule is N#CCCC(CCCC(CCC#N)([N+](=O)[O-])[N+](=O)[O-])([N+](=O)[O-])[N+](=O)[O-]. The monoisotopic (exact) mass is 358 g/mol. The largest absolute Gasteiger partial charge is 0.459 e. The highest BCUT2D eigenvalue weighted by molar-refractivity contribution is 4.80. The van der Waals surface area contributed by atoms with Crippen molar-refractivity contribution < 1.29 is 19.7 Å². The summed E-state index contributed by atoms with van der Waals surface area (Å²) in [5.74, 6) is 0. The first-order chi connectivity index (χ1) is 11.6. The molecule has 0 fully saturated rings. The lowest BCUT2D eigenvalue weighted by atomic mass is 9.92. The molecule has 0 unspecified atom stereocenters. The summed E-state index contributed by atoms with van der Waals surface area (Å²) in [6, 6.07) is 3.08. The Hall–Kier alpha value is -3.42. The third-order valence-electron chi connectivity index (χ3n) is 3.79. The Morgan fingerprint density at radius 2 is 0.920 bits per heavy atom. The zero-order valence-electron chi connectivity index (χ0n) is 12.9. The Labute approximate surface area is 140 Å². The zero-order chi connectivity index (χ0) is 19.7. The first-order valence-electron chi connectivity index (χ1n) is 6.92. The Morgan fingerprint density at radius 3 is 1.12 bits per heavy atom. The molecule has 14 nitrogen and oxygen atoms in total. The topological polar surface area (TPSA) is 220 Å². The van der Waals surface area contributed by atoms with Gasteiger partial charge in [-0.15, -0.1) is 0 Å². The minimum Gasteiger partial charge on any atom is -0.258 e. The van der Waals surface area contributed by atoms with Gasteiger partial charge < -0.3 is 0 Å². The van der Waals surface area contributed by atoms with Gasteiger partial charge in [0, 0.05) is 12.8 Å². The summed E-state index contributed by atoms with van der Waals surface area (Å²) < 4.78 is 0. The third kappa shape index (κ3) is 4.77. The summed E-state index contributed by atoms with van der Waals surface area (Å²) in [5.41, 5.74) is -5.49. The van der Waals surface area contributed by atoms with E-state index in [9.17, 15) is 40.5 Å². The van der Waals surface area contributed by atoms with Crippen LogP contribution in [0.3, 0.4) is 0 Å². The molecule has 0 saturated carbocycles. The molecule has 0 saturated heterocycles. The van der Waals surface area contributed by atoms with Crippen LogP contribution in [0.25, 0.3) is 0 Å². The lowest BCUT2D eigenvalue weighted by Gasteiger charge is -2.19. The molecule has 0 aliphatic heterocycles. The van der Waals surface area contributed by atoms with Crippen molar-refractivity contribution in [1.82, 2.24) is 0 Å². The highest BCUT2D eigenvalue weighted by Gasteiger charge is 2.58. The molecular formula is C11H14N6O8. The summed E-state index contributed by atoms with van der Waals surface area (Å²) in [6.45, 7) is 0. The van der Waals surface area contributed by atoms with Crippen molar-refractivity contribution in [2.75, 3.05) is 0 Å². The molecule has 0 aromatic heterocycles. The average molecular weight is 358 g/mol. The van der Waals surface area contributed by atoms with E-state index in [1.165, 1.54) is 0 Å². The molecule has 0 aliphatic carbocycles. The van der Waals surface area contributed by atoms with Gasteiger partial charge in [0.25, 0.3) is 0 Å². The van der Waals surface area contributed by atoms with E-state index in [0.29, 0.717) is 0 Å². The molecule has 0 amide bonds. The maximum absolute atomic E-state index is 11.1. The summed E-state index contributed by atoms with van der Waals surface area (Å²) in [4.78, 5) is 39.7. The van der Waals surface area contributed by atoms with Crippen molar-refractivity contribution in [2.24, 2.45) is 0 Å². The fraction of sp³-hybridized carbons (Fsp3) is 0.818. The molecule has 14 heteroatoms. The molecule has 0 spiro atoms. The van der Waals surface area contributed by atoms with E-state index in [4.69, 9.17) is 10.5 Å². The third-order valence-corrected chi connectivity index (χ3v) is 3.79. The first kappa shape index (κ1) is 21.6. The second kappa shape index (κ2) is 9.02. The van der Waals surface area contributed by atoms with Crippen molar-refractivity contribution >= 4 is 0 Å². The van der Waals surface area contributed by atoms with Crippen LogP contribution in [-0.2, 0) is 0 Å². The molecule has 0 bridgehead atoms. The summed E-state index contributed by atoms with van der Waals surface area (Å²) in [5, 5.41) is 61.4. The molecule has 0 aliphatic rings. The minimum atomic E-state index is -2.75. The molecule has 0 radical (unpaired) electrons. The number of nitro groups is 4. The molecule has 0 atom stereocenters. The molecule has 0 aromatic rings. The van der Waals surface area contributed by atoms with Crippen LogP contribution in [0.1, 0.15) is 44.9 Å². The van der Waals surface area contributed by atoms with Crippen molar-refractivity contribution in [3.05, 3.63) is 40.5 Å². The smallest absolute Gasteiger partial charge is 0.258 e. The van der Waals surface area contributed by atoms with Crippen LogP contribution < -0.4 is 0 Å². The van der Waals surface area contributed by atoms with Crippen LogP contribution in [0.4, 0.5) is 0 Å². The van der Waals surface area contributed by atoms with E-state index in [0.717, 1.165) is 0 Å². The Kier molecular flexibility index (Phi) is 7.78. The lowest BCUT2D eigenvalue weighted by Crippen LogP contribution is -2.49. The van der Waals surface area contributed by atoms with Crippen molar-refractivity contribution in [3.8, 4) is 12.1 Å². The average Bonchev–Trinajstić information content (AvgIpc) is 2.52. The van der Waals surface area contributed by atoms with Gasteiger partial charge in [0.2, 0.25) is 0 Å². The van der Waals surface area contributed by atoms with Crippen molar-refractivity contribution in [1.29, 1.82) is 10.5 Å². The molecule has 0 N–H and O–H groups in total. The lowest BCUT2D eigenvalue weighted by molar-refractivity contribution is -0.804. The van der Waals surface area contributed by atoms with Gasteiger partial charge >= 0.3 is 11.3 Å². The van der Waals surface area contributed by atoms with E-state index < -0.39 is 76.0 Å². The van der Waals surface area contributed by atoms with Gasteiger partial charge in [-0.05, 0) is 6.42 Å². The number of nitrogens with zero attached hydrogens (tertiary/aromatic N) is 6. The summed E-state index contributed by atoms with van der Waals surface area (Å²) in [6.07, 6.45) is -4.65. The van der Waals surface area contributed by atoms with Gasteiger partial charge in [-0.25, -0.2) is 0 Å². The molecule has 0 aromatic carbocycles. The van der Waals surface area contributed by atoms with Crippen LogP contribution in [-0.4, -0.2) is 31.0 Å². The van der Waals surface area contributed by atoms with Crippen LogP contribution in [0.2, 0.25) is 0 Å². The minimum absolute atomic E-state index is 0.494. The Balaban J connectivity index is 5.45. The fourth-order valence-electron chi connectivity index (χ4n) is 2.28. The van der Waals surface area contributed by atoms with E-state index in [1.807, 2.05) is 0 Å². The predicted octanol–water partition coefficient (Wildman–Crippen LogP) is 1.26. The van der Waals surface area contributed by atoms with Crippen LogP contribution in [0.15, 0.2) is 0 Å². The highest BCUT2D eigenvalue weighted by atomic mass is 16.7. The van der Waals surface area contributed by atoms with Crippen LogP contribution >= 0.6 is 0 Å². The molecule has 0 rings (SSSR count). The Bertz CT molecular complexity index is 553. The predicted molar refractivity (Wildman–Crippen MR) is 77.0 cm³/mol. The molecule has 136 valence electrons. The van der Waals surface area contributed by atoms with E-state index in [2.05, 4.69) is 0 Å². The number of hydrogen-bond donors (Lipinski definition) is 0. The van der Waals surface area contributed by atoms with Gasteiger partial charge in [0.1, 0.15) is 12.8 Å². The normalized spacial score (nSPS) is 11.1. The van der Waals surface area contributed by atoms with E-state index in [-0.39, 0.29) is 0 Å². The molecule has 0 heterocycles. The second-order valence-corrected chi connectivity index (χ2v) is 5.16. The fourth-order valence-corrected chi connectivity index (χ4v) is 2.28. The first-order valence-corrected chi connectivity index (χ1v) is 6.92. The number of hydrogen-bond acceptors (Lipinski definition) is 10. The maximum Gasteiger partial charge on any atom is 0.459 e. The van der Waals surface area contributed by atoms with Crippen LogP contribution in [0.5, 0.6) is 0 Å². The standard InChI is InChI=1S/C11H14N6O8/c12-8-2-6-10(14(18)19,15(20)21)4-1-5-11(16(22)23,17(24)25)7-3-9-13/h1-7H2. The zero-order valence-corrected chi connectivity index (χ0v) is 12.9. The van der Waals surface area contributed by atoms with E-state index >= 15 is 0 Å². The van der Waals surface area contributed by atoms with Crippen molar-refractivity contribution in [3.63, 3.8) is 0 Å². The Morgan fingerprint density at radius 1 is 0.640 bits per heavy atom. The molecule has 25 heavy (non-hydrogen) atoms. The van der Waals surface area contributed by atoms with E-state index in [1.54, 1.807) is 12.1 Å². The van der Waals surface area contributed by atoms with Crippen molar-refractivity contribution in [2.45, 2.75) is 56.3 Å². The van der Waals surface area contributed by atoms with Gasteiger partial charge in [-0.3, -0.25) is 40.5 Å². The number of rotatable bonds is 12. The second-order valence-electron chi connectivity index (χ2n) is 5.16. The van der Waals surface area contributed by atoms with Gasteiger partial charge in [0.15, 0.2) is 0 Å². The van der Waals surface area contributed by atoms with Gasteiger partial charge in [0.05, 0.1) is 44.7 Å². The maximum atomic E-state index is 11.1. The van der Waals surface area contributed by atoms with Gasteiger partial charge in [-0.1, -0.05) is 0 Å². The molecular weight excluding hydrogens is 344 g/mol. The van der Waals surface area contributed by atoms with Crippen LogP contribution in [0, 0.1) is 63.1 Å². The van der Waals surface area contributed by atoms with Gasteiger partial charge in [-0.2, -0.15) is 10.5 Å². The summed E-state index contributed by atoms with van der Waals surface area (Å²) in [7, 11) is 0. The summed E-state index contributed by atoms with van der Waals surface area (Å²) >= 11 is 0. The quantitative estimate of drug-likeness (QED) is 0.276. The highest BCUT2D eigenvalue weighted by Crippen LogP contribution is 2.30. The number of nitriles is 2.